The van der Waals surface area contributed by atoms with Crippen LogP contribution in [-0.4, -0.2) is 40.1 Å². The molecule has 0 saturated heterocycles. The van der Waals surface area contributed by atoms with Crippen molar-refractivity contribution in [2.75, 3.05) is 14.2 Å². The Morgan fingerprint density at radius 2 is 1.91 bits per heavy atom. The number of aromatic nitrogens is 3. The molecule has 8 nitrogen and oxygen atoms in total. The van der Waals surface area contributed by atoms with Gasteiger partial charge in [0.05, 0.1) is 26.3 Å². The minimum atomic E-state index is -4.82. The van der Waals surface area contributed by atoms with Crippen molar-refractivity contribution in [3.63, 3.8) is 0 Å². The highest BCUT2D eigenvalue weighted by Crippen LogP contribution is 2.49. The van der Waals surface area contributed by atoms with Crippen LogP contribution >= 0.6 is 0 Å². The summed E-state index contributed by atoms with van der Waals surface area (Å²) in [6.07, 6.45) is -5.73. The van der Waals surface area contributed by atoms with Crippen molar-refractivity contribution in [2.45, 2.75) is 43.6 Å². The lowest BCUT2D eigenvalue weighted by molar-refractivity contribution is -0.146. The van der Waals surface area contributed by atoms with Gasteiger partial charge in [-0.2, -0.15) is 13.2 Å². The number of methoxy groups -OCH3 is 2. The van der Waals surface area contributed by atoms with Gasteiger partial charge in [0, 0.05) is 11.1 Å². The summed E-state index contributed by atoms with van der Waals surface area (Å²) in [5.41, 5.74) is 2.06. The molecule has 0 amide bonds. The summed E-state index contributed by atoms with van der Waals surface area (Å²) in [4.78, 5) is 11.7. The summed E-state index contributed by atoms with van der Waals surface area (Å²) in [5.74, 6) is -1.67. The maximum Gasteiger partial charge on any atom is 0.452 e. The molecule has 35 heavy (non-hydrogen) atoms. The van der Waals surface area contributed by atoms with Crippen LogP contribution < -0.4 is 9.47 Å². The Morgan fingerprint density at radius 1 is 1.14 bits per heavy atom. The van der Waals surface area contributed by atoms with E-state index in [1.165, 1.54) is 14.2 Å². The highest BCUT2D eigenvalue weighted by atomic mass is 19.4. The highest BCUT2D eigenvalue weighted by molar-refractivity contribution is 5.68. The van der Waals surface area contributed by atoms with Crippen molar-refractivity contribution >= 4 is 5.97 Å². The van der Waals surface area contributed by atoms with Gasteiger partial charge in [-0.15, -0.1) is 10.2 Å². The molecule has 2 heterocycles. The quantitative estimate of drug-likeness (QED) is 0.531. The normalized spacial score (nSPS) is 19.5. The molecule has 1 saturated carbocycles. The molecule has 0 radical (unpaired) electrons. The van der Waals surface area contributed by atoms with Gasteiger partial charge >= 0.3 is 12.1 Å². The molecule has 1 fully saturated rings. The number of hydrogen-bond acceptors (Lipinski definition) is 6. The molecule has 0 spiro atoms. The number of nitrogens with zero attached hydrogens (tertiary/aromatic N) is 3. The van der Waals surface area contributed by atoms with Crippen LogP contribution in [-0.2, 0) is 15.7 Å². The van der Waals surface area contributed by atoms with Crippen LogP contribution in [0.5, 0.6) is 11.5 Å². The second kappa shape index (κ2) is 8.56. The number of hydrogen-bond donors (Lipinski definition) is 1. The Morgan fingerprint density at radius 3 is 2.54 bits per heavy atom. The minimum Gasteiger partial charge on any atom is -0.493 e. The minimum absolute atomic E-state index is 0.171. The lowest BCUT2D eigenvalue weighted by Crippen LogP contribution is -2.17. The number of carboxylic acid groups (broad SMARTS) is 1. The molecular weight excluding hydrogens is 467 g/mol. The molecule has 1 aliphatic carbocycles. The van der Waals surface area contributed by atoms with E-state index in [1.54, 1.807) is 30.3 Å². The van der Waals surface area contributed by atoms with E-state index in [-0.39, 0.29) is 11.5 Å². The maximum atomic E-state index is 14.0. The van der Waals surface area contributed by atoms with Crippen LogP contribution in [0.25, 0.3) is 5.69 Å². The number of alkyl halides is 3. The van der Waals surface area contributed by atoms with Gasteiger partial charge in [-0.3, -0.25) is 9.36 Å². The molecule has 2 aromatic carbocycles. The number of ether oxygens (including phenoxy) is 3. The lowest BCUT2D eigenvalue weighted by Gasteiger charge is -2.24. The van der Waals surface area contributed by atoms with Gasteiger partial charge in [-0.05, 0) is 36.5 Å². The fourth-order valence-corrected chi connectivity index (χ4v) is 4.54. The number of carbonyl (C=O) groups is 1. The van der Waals surface area contributed by atoms with Crippen molar-refractivity contribution in [2.24, 2.45) is 0 Å². The summed E-state index contributed by atoms with van der Waals surface area (Å²) >= 11 is 0. The van der Waals surface area contributed by atoms with E-state index in [0.717, 1.165) is 23.0 Å². The van der Waals surface area contributed by atoms with Crippen LogP contribution in [0.4, 0.5) is 13.2 Å². The molecular formula is C24H22F3N3O5. The summed E-state index contributed by atoms with van der Waals surface area (Å²) < 4.78 is 60.0. The van der Waals surface area contributed by atoms with Gasteiger partial charge < -0.3 is 19.3 Å². The molecule has 184 valence electrons. The van der Waals surface area contributed by atoms with Crippen molar-refractivity contribution in [3.05, 3.63) is 64.7 Å². The van der Waals surface area contributed by atoms with Crippen molar-refractivity contribution < 1.29 is 37.3 Å². The van der Waals surface area contributed by atoms with E-state index in [9.17, 15) is 23.1 Å². The third-order valence-corrected chi connectivity index (χ3v) is 6.23. The Kier molecular flexibility index (Phi) is 5.66. The molecule has 11 heteroatoms. The smallest absolute Gasteiger partial charge is 0.452 e. The summed E-state index contributed by atoms with van der Waals surface area (Å²) in [6.45, 7) is 0. The summed E-state index contributed by atoms with van der Waals surface area (Å²) in [7, 11) is 2.92. The van der Waals surface area contributed by atoms with E-state index in [1.807, 2.05) is 6.07 Å². The zero-order chi connectivity index (χ0) is 24.9. The number of para-hydroxylation sites is 1. The first-order valence-corrected chi connectivity index (χ1v) is 11.0. The standard InChI is InChI=1S/C24H22F3N3O5/c1-33-17-5-3-4-14(21(17)34-2)20-15-10-13(12-6-7-12)8-9-16(15)30-22(18(35-20)11-19(31)32)28-29-23(30)24(25,26)27/h3-5,8-10,12,18,20H,6-7,11H2,1-2H3,(H,31,32)/t18-,20-/m0/s1. The highest BCUT2D eigenvalue weighted by Gasteiger charge is 2.44. The zero-order valence-corrected chi connectivity index (χ0v) is 18.9. The van der Waals surface area contributed by atoms with Gasteiger partial charge in [-0.25, -0.2) is 0 Å². The molecule has 2 aliphatic rings. The Bertz CT molecular complexity index is 1290. The van der Waals surface area contributed by atoms with Gasteiger partial charge in [0.15, 0.2) is 17.3 Å². The van der Waals surface area contributed by atoms with E-state index < -0.39 is 36.6 Å². The Labute approximate surface area is 198 Å². The van der Waals surface area contributed by atoms with Crippen molar-refractivity contribution in [1.29, 1.82) is 0 Å². The molecule has 1 aliphatic heterocycles. The SMILES string of the molecule is COc1cccc([C@@H]2O[C@@H](CC(=O)O)c3nnc(C(F)(F)F)n3-c3ccc(C4CC4)cc32)c1OC. The Balaban J connectivity index is 1.80. The number of rotatable bonds is 6. The third-order valence-electron chi connectivity index (χ3n) is 6.23. The first kappa shape index (κ1) is 23.2. The van der Waals surface area contributed by atoms with Crippen molar-refractivity contribution in [1.82, 2.24) is 14.8 Å². The van der Waals surface area contributed by atoms with Gasteiger partial charge in [0.2, 0.25) is 5.82 Å². The van der Waals surface area contributed by atoms with E-state index in [0.29, 0.717) is 28.5 Å². The second-order valence-electron chi connectivity index (χ2n) is 8.49. The number of benzene rings is 2. The van der Waals surface area contributed by atoms with E-state index >= 15 is 0 Å². The zero-order valence-electron chi connectivity index (χ0n) is 18.9. The van der Waals surface area contributed by atoms with E-state index in [2.05, 4.69) is 10.2 Å². The van der Waals surface area contributed by atoms with Crippen LogP contribution in [0.3, 0.4) is 0 Å². The van der Waals surface area contributed by atoms with E-state index in [4.69, 9.17) is 14.2 Å². The molecule has 1 N–H and O–H groups in total. The molecule has 1 aromatic heterocycles. The average molecular weight is 489 g/mol. The topological polar surface area (TPSA) is 95.7 Å². The van der Waals surface area contributed by atoms with Crippen LogP contribution in [0, 0.1) is 0 Å². The maximum absolute atomic E-state index is 14.0. The molecule has 0 unspecified atom stereocenters. The third kappa shape index (κ3) is 4.09. The van der Waals surface area contributed by atoms with Crippen LogP contribution in [0.1, 0.15) is 65.7 Å². The first-order valence-electron chi connectivity index (χ1n) is 11.0. The monoisotopic (exact) mass is 489 g/mol. The average Bonchev–Trinajstić information content (AvgIpc) is 3.59. The van der Waals surface area contributed by atoms with Gasteiger partial charge in [0.25, 0.3) is 0 Å². The number of aliphatic carboxylic acids is 1. The number of halogens is 3. The number of fused-ring (bicyclic) bond motifs is 3. The molecule has 0 bridgehead atoms. The predicted octanol–water partition coefficient (Wildman–Crippen LogP) is 4.82. The summed E-state index contributed by atoms with van der Waals surface area (Å²) in [6, 6.07) is 10.3. The van der Waals surface area contributed by atoms with Crippen molar-refractivity contribution in [3.8, 4) is 17.2 Å². The van der Waals surface area contributed by atoms with Gasteiger partial charge in [-0.1, -0.05) is 24.3 Å². The summed E-state index contributed by atoms with van der Waals surface area (Å²) in [5, 5.41) is 16.6. The second-order valence-corrected chi connectivity index (χ2v) is 8.49. The first-order chi connectivity index (χ1) is 16.7. The molecule has 2 atom stereocenters. The largest absolute Gasteiger partial charge is 0.493 e. The molecule has 5 rings (SSSR count). The molecule has 3 aromatic rings. The van der Waals surface area contributed by atoms with Crippen LogP contribution in [0.15, 0.2) is 36.4 Å². The Hall–Kier alpha value is -3.60. The van der Waals surface area contributed by atoms with Crippen LogP contribution in [0.2, 0.25) is 0 Å². The fourth-order valence-electron chi connectivity index (χ4n) is 4.54. The van der Waals surface area contributed by atoms with Gasteiger partial charge in [0.1, 0.15) is 12.2 Å². The number of carboxylic acids is 1. The predicted molar refractivity (Wildman–Crippen MR) is 116 cm³/mol. The lowest BCUT2D eigenvalue weighted by atomic mass is 9.95. The fraction of sp³-hybridized carbons (Fsp3) is 0.375.